The molecule has 1 aliphatic rings. The smallest absolute Gasteiger partial charge is 0.263 e. The van der Waals surface area contributed by atoms with E-state index in [0.29, 0.717) is 18.9 Å². The maximum atomic E-state index is 12.4. The topological polar surface area (TPSA) is 84.7 Å². The number of para-hydroxylation sites is 1. The van der Waals surface area contributed by atoms with Crippen molar-refractivity contribution in [3.8, 4) is 0 Å². The molecule has 122 valence electrons. The zero-order valence-electron chi connectivity index (χ0n) is 12.6. The fourth-order valence-corrected chi connectivity index (χ4v) is 3.69. The number of benzene rings is 2. The number of ether oxygens (including phenoxy) is 1. The summed E-state index contributed by atoms with van der Waals surface area (Å²) < 4.78 is 32.7. The molecule has 1 aliphatic heterocycles. The van der Waals surface area contributed by atoms with Crippen molar-refractivity contribution in [1.29, 1.82) is 0 Å². The average Bonchev–Trinajstić information content (AvgIpc) is 2.56. The van der Waals surface area contributed by atoms with Crippen molar-refractivity contribution in [2.75, 3.05) is 41.7 Å². The van der Waals surface area contributed by atoms with E-state index < -0.39 is 10.0 Å². The van der Waals surface area contributed by atoms with E-state index in [1.54, 1.807) is 30.3 Å². The second-order valence-electron chi connectivity index (χ2n) is 5.29. The first-order chi connectivity index (χ1) is 11.1. The van der Waals surface area contributed by atoms with E-state index in [0.717, 1.165) is 18.8 Å². The average molecular weight is 333 g/mol. The molecule has 0 radical (unpaired) electrons. The quantitative estimate of drug-likeness (QED) is 0.835. The van der Waals surface area contributed by atoms with E-state index in [9.17, 15) is 8.42 Å². The SMILES string of the molecule is Nc1ccccc1S(=O)(=O)Nc1ccc(N2CCOCC2)cc1. The first-order valence-electron chi connectivity index (χ1n) is 7.36. The summed E-state index contributed by atoms with van der Waals surface area (Å²) in [5.74, 6) is 0. The van der Waals surface area contributed by atoms with Gasteiger partial charge in [-0.05, 0) is 36.4 Å². The molecule has 0 saturated carbocycles. The number of hydrogen-bond donors (Lipinski definition) is 2. The molecular formula is C16H19N3O3S. The third-order valence-electron chi connectivity index (χ3n) is 3.70. The molecule has 6 nitrogen and oxygen atoms in total. The minimum atomic E-state index is -3.69. The number of sulfonamides is 1. The van der Waals surface area contributed by atoms with E-state index in [1.807, 2.05) is 12.1 Å². The molecule has 1 heterocycles. The van der Waals surface area contributed by atoms with Crippen molar-refractivity contribution in [3.05, 3.63) is 48.5 Å². The van der Waals surface area contributed by atoms with Gasteiger partial charge in [0.2, 0.25) is 0 Å². The zero-order chi connectivity index (χ0) is 16.3. The van der Waals surface area contributed by atoms with Crippen LogP contribution in [0.2, 0.25) is 0 Å². The molecule has 2 aromatic carbocycles. The lowest BCUT2D eigenvalue weighted by atomic mass is 10.2. The Labute approximate surface area is 135 Å². The fourth-order valence-electron chi connectivity index (χ4n) is 2.50. The molecule has 0 aliphatic carbocycles. The standard InChI is InChI=1S/C16H19N3O3S/c17-15-3-1-2-4-16(15)23(20,21)18-13-5-7-14(8-6-13)19-9-11-22-12-10-19/h1-8,18H,9-12,17H2. The lowest BCUT2D eigenvalue weighted by Crippen LogP contribution is -2.36. The van der Waals surface area contributed by atoms with Gasteiger partial charge in [-0.3, -0.25) is 4.72 Å². The maximum absolute atomic E-state index is 12.4. The Kier molecular flexibility index (Phi) is 4.40. The Morgan fingerprint density at radius 3 is 2.30 bits per heavy atom. The molecule has 0 spiro atoms. The van der Waals surface area contributed by atoms with E-state index >= 15 is 0 Å². The molecule has 1 saturated heterocycles. The zero-order valence-corrected chi connectivity index (χ0v) is 13.4. The highest BCUT2D eigenvalue weighted by Gasteiger charge is 2.17. The van der Waals surface area contributed by atoms with Crippen molar-refractivity contribution in [2.24, 2.45) is 0 Å². The van der Waals surface area contributed by atoms with Gasteiger partial charge in [-0.25, -0.2) is 8.42 Å². The van der Waals surface area contributed by atoms with Crippen LogP contribution in [0.4, 0.5) is 17.1 Å². The van der Waals surface area contributed by atoms with Crippen molar-refractivity contribution in [3.63, 3.8) is 0 Å². The Morgan fingerprint density at radius 1 is 1.00 bits per heavy atom. The van der Waals surface area contributed by atoms with Gasteiger partial charge in [0, 0.05) is 24.5 Å². The van der Waals surface area contributed by atoms with Gasteiger partial charge in [-0.2, -0.15) is 0 Å². The van der Waals surface area contributed by atoms with E-state index in [1.165, 1.54) is 6.07 Å². The minimum Gasteiger partial charge on any atom is -0.398 e. The number of hydrogen-bond acceptors (Lipinski definition) is 5. The van der Waals surface area contributed by atoms with Crippen LogP contribution in [0.25, 0.3) is 0 Å². The summed E-state index contributed by atoms with van der Waals surface area (Å²) in [6.45, 7) is 3.10. The maximum Gasteiger partial charge on any atom is 0.263 e. The molecular weight excluding hydrogens is 314 g/mol. The van der Waals surface area contributed by atoms with Crippen LogP contribution in [-0.4, -0.2) is 34.7 Å². The van der Waals surface area contributed by atoms with E-state index in [4.69, 9.17) is 10.5 Å². The van der Waals surface area contributed by atoms with Crippen LogP contribution < -0.4 is 15.4 Å². The molecule has 0 aromatic heterocycles. The molecule has 3 N–H and O–H groups in total. The molecule has 0 amide bonds. The molecule has 0 atom stereocenters. The summed E-state index contributed by atoms with van der Waals surface area (Å²) in [6, 6.07) is 13.7. The van der Waals surface area contributed by atoms with Gasteiger partial charge >= 0.3 is 0 Å². The van der Waals surface area contributed by atoms with Crippen LogP contribution in [-0.2, 0) is 14.8 Å². The lowest BCUT2D eigenvalue weighted by Gasteiger charge is -2.28. The van der Waals surface area contributed by atoms with Gasteiger partial charge < -0.3 is 15.4 Å². The van der Waals surface area contributed by atoms with Crippen molar-refractivity contribution >= 4 is 27.1 Å². The van der Waals surface area contributed by atoms with Gasteiger partial charge in [-0.1, -0.05) is 12.1 Å². The molecule has 1 fully saturated rings. The second-order valence-corrected chi connectivity index (χ2v) is 6.94. The Morgan fingerprint density at radius 2 is 1.65 bits per heavy atom. The lowest BCUT2D eigenvalue weighted by molar-refractivity contribution is 0.122. The number of nitrogens with one attached hydrogen (secondary N) is 1. The Hall–Kier alpha value is -2.25. The summed E-state index contributed by atoms with van der Waals surface area (Å²) in [6.07, 6.45) is 0. The predicted molar refractivity (Wildman–Crippen MR) is 91.1 cm³/mol. The molecule has 0 unspecified atom stereocenters. The highest BCUT2D eigenvalue weighted by molar-refractivity contribution is 7.92. The molecule has 3 rings (SSSR count). The van der Waals surface area contributed by atoms with Crippen molar-refractivity contribution in [1.82, 2.24) is 0 Å². The van der Waals surface area contributed by atoms with Crippen LogP contribution in [0, 0.1) is 0 Å². The van der Waals surface area contributed by atoms with E-state index in [2.05, 4.69) is 9.62 Å². The van der Waals surface area contributed by atoms with Gasteiger partial charge in [0.1, 0.15) is 4.90 Å². The highest BCUT2D eigenvalue weighted by Crippen LogP contribution is 2.23. The molecule has 2 aromatic rings. The van der Waals surface area contributed by atoms with Gasteiger partial charge in [-0.15, -0.1) is 0 Å². The third-order valence-corrected chi connectivity index (χ3v) is 5.16. The number of nitrogen functional groups attached to an aromatic ring is 1. The number of nitrogens with two attached hydrogens (primary N) is 1. The van der Waals surface area contributed by atoms with Crippen LogP contribution in [0.15, 0.2) is 53.4 Å². The van der Waals surface area contributed by atoms with Gasteiger partial charge in [0.05, 0.1) is 18.9 Å². The first-order valence-corrected chi connectivity index (χ1v) is 8.85. The molecule has 23 heavy (non-hydrogen) atoms. The largest absolute Gasteiger partial charge is 0.398 e. The Balaban J connectivity index is 1.76. The van der Waals surface area contributed by atoms with Crippen LogP contribution in [0.3, 0.4) is 0 Å². The third kappa shape index (κ3) is 3.57. The van der Waals surface area contributed by atoms with Crippen molar-refractivity contribution in [2.45, 2.75) is 4.90 Å². The summed E-state index contributed by atoms with van der Waals surface area (Å²) in [5.41, 5.74) is 7.53. The summed E-state index contributed by atoms with van der Waals surface area (Å²) in [4.78, 5) is 2.29. The summed E-state index contributed by atoms with van der Waals surface area (Å²) >= 11 is 0. The van der Waals surface area contributed by atoms with Gasteiger partial charge in [0.25, 0.3) is 10.0 Å². The van der Waals surface area contributed by atoms with Crippen molar-refractivity contribution < 1.29 is 13.2 Å². The monoisotopic (exact) mass is 333 g/mol. The summed E-state index contributed by atoms with van der Waals surface area (Å²) in [7, 11) is -3.69. The fraction of sp³-hybridized carbons (Fsp3) is 0.250. The first kappa shape index (κ1) is 15.6. The van der Waals surface area contributed by atoms with Crippen LogP contribution >= 0.6 is 0 Å². The predicted octanol–water partition coefficient (Wildman–Crippen LogP) is 1.91. The van der Waals surface area contributed by atoms with E-state index in [-0.39, 0.29) is 10.6 Å². The highest BCUT2D eigenvalue weighted by atomic mass is 32.2. The molecule has 7 heteroatoms. The summed E-state index contributed by atoms with van der Waals surface area (Å²) in [5, 5.41) is 0. The number of nitrogens with zero attached hydrogens (tertiary/aromatic N) is 1. The number of rotatable bonds is 4. The van der Waals surface area contributed by atoms with Crippen LogP contribution in [0.1, 0.15) is 0 Å². The molecule has 0 bridgehead atoms. The Bertz CT molecular complexity index is 769. The van der Waals surface area contributed by atoms with Gasteiger partial charge in [0.15, 0.2) is 0 Å². The van der Waals surface area contributed by atoms with Crippen LogP contribution in [0.5, 0.6) is 0 Å². The number of anilines is 3. The normalized spacial score (nSPS) is 15.4. The second kappa shape index (κ2) is 6.47. The number of morpholine rings is 1. The minimum absolute atomic E-state index is 0.0808.